The normalized spacial score (nSPS) is 23.5. The van der Waals surface area contributed by atoms with Gasteiger partial charge in [-0.25, -0.2) is 0 Å². The van der Waals surface area contributed by atoms with Crippen LogP contribution >= 0.6 is 15.9 Å². The van der Waals surface area contributed by atoms with Crippen LogP contribution in [0.15, 0.2) is 16.6 Å². The van der Waals surface area contributed by atoms with E-state index in [-0.39, 0.29) is 5.41 Å². The van der Waals surface area contributed by atoms with Crippen molar-refractivity contribution in [2.45, 2.75) is 39.0 Å². The molecule has 0 bridgehead atoms. The Balaban J connectivity index is 2.04. The van der Waals surface area contributed by atoms with Gasteiger partial charge in [-0.1, -0.05) is 29.8 Å². The van der Waals surface area contributed by atoms with Crippen molar-refractivity contribution in [2.75, 3.05) is 21.3 Å². The highest BCUT2D eigenvalue weighted by atomic mass is 79.9. The standard InChI is InChI=1S/C16H24BrNO3/c1-16(2)14(8-15(16)21-5)18-9-10-6-12(19-3)13(20-4)7-11(10)17/h6-7,14-15,18H,8-9H2,1-5H3. The minimum absolute atomic E-state index is 0.164. The number of nitrogens with one attached hydrogen (secondary N) is 1. The Bertz CT molecular complexity index is 505. The molecule has 5 heteroatoms. The third kappa shape index (κ3) is 3.20. The molecule has 0 radical (unpaired) electrons. The van der Waals surface area contributed by atoms with Crippen molar-refractivity contribution in [1.29, 1.82) is 0 Å². The van der Waals surface area contributed by atoms with Crippen molar-refractivity contribution in [2.24, 2.45) is 5.41 Å². The zero-order chi connectivity index (χ0) is 15.6. The number of methoxy groups -OCH3 is 3. The van der Waals surface area contributed by atoms with E-state index in [1.165, 1.54) is 0 Å². The van der Waals surface area contributed by atoms with Crippen molar-refractivity contribution in [1.82, 2.24) is 5.32 Å². The lowest BCUT2D eigenvalue weighted by molar-refractivity contribution is -0.0979. The number of halogens is 1. The number of hydrogen-bond acceptors (Lipinski definition) is 4. The summed E-state index contributed by atoms with van der Waals surface area (Å²) in [6.45, 7) is 5.27. The molecule has 0 aromatic heterocycles. The lowest BCUT2D eigenvalue weighted by Gasteiger charge is -2.51. The number of benzene rings is 1. The summed E-state index contributed by atoms with van der Waals surface area (Å²) in [5.41, 5.74) is 1.32. The van der Waals surface area contributed by atoms with Gasteiger partial charge in [0, 0.05) is 29.6 Å². The van der Waals surface area contributed by atoms with E-state index in [4.69, 9.17) is 14.2 Å². The molecule has 1 saturated carbocycles. The second-order valence-electron chi connectivity index (χ2n) is 6.01. The summed E-state index contributed by atoms with van der Waals surface area (Å²) < 4.78 is 17.2. The SMILES string of the molecule is COc1cc(Br)c(CNC2CC(OC)C2(C)C)cc1OC. The maximum Gasteiger partial charge on any atom is 0.161 e. The lowest BCUT2D eigenvalue weighted by Crippen LogP contribution is -2.60. The van der Waals surface area contributed by atoms with E-state index >= 15 is 0 Å². The first kappa shape index (κ1) is 16.6. The van der Waals surface area contributed by atoms with Crippen LogP contribution in [0.1, 0.15) is 25.8 Å². The van der Waals surface area contributed by atoms with Crippen LogP contribution in [0.2, 0.25) is 0 Å². The smallest absolute Gasteiger partial charge is 0.161 e. The largest absolute Gasteiger partial charge is 0.493 e. The second kappa shape index (κ2) is 6.55. The fourth-order valence-electron chi connectivity index (χ4n) is 2.90. The summed E-state index contributed by atoms with van der Waals surface area (Å²) in [6.07, 6.45) is 1.39. The first-order valence-corrected chi connectivity index (χ1v) is 7.90. The molecule has 1 N–H and O–H groups in total. The number of hydrogen-bond donors (Lipinski definition) is 1. The van der Waals surface area contributed by atoms with E-state index in [2.05, 4.69) is 35.1 Å². The van der Waals surface area contributed by atoms with Gasteiger partial charge in [0.2, 0.25) is 0 Å². The Kier molecular flexibility index (Phi) is 5.17. The van der Waals surface area contributed by atoms with Gasteiger partial charge in [0.1, 0.15) is 0 Å². The predicted octanol–water partition coefficient (Wildman–Crippen LogP) is 3.37. The second-order valence-corrected chi connectivity index (χ2v) is 6.87. The Morgan fingerprint density at radius 3 is 2.33 bits per heavy atom. The van der Waals surface area contributed by atoms with Crippen molar-refractivity contribution in [3.8, 4) is 11.5 Å². The predicted molar refractivity (Wildman–Crippen MR) is 87.1 cm³/mol. The Hall–Kier alpha value is -0.780. The van der Waals surface area contributed by atoms with Gasteiger partial charge in [0.05, 0.1) is 20.3 Å². The third-order valence-electron chi connectivity index (χ3n) is 4.55. The van der Waals surface area contributed by atoms with Gasteiger partial charge in [0.25, 0.3) is 0 Å². The van der Waals surface area contributed by atoms with E-state index in [1.54, 1.807) is 21.3 Å². The molecule has 2 atom stereocenters. The van der Waals surface area contributed by atoms with Crippen molar-refractivity contribution in [3.63, 3.8) is 0 Å². The molecule has 118 valence electrons. The lowest BCUT2D eigenvalue weighted by atomic mass is 9.64. The van der Waals surface area contributed by atoms with Gasteiger partial charge in [-0.2, -0.15) is 0 Å². The molecule has 1 aromatic carbocycles. The van der Waals surface area contributed by atoms with E-state index in [9.17, 15) is 0 Å². The molecule has 0 saturated heterocycles. The Morgan fingerprint density at radius 2 is 1.81 bits per heavy atom. The highest BCUT2D eigenvalue weighted by Gasteiger charge is 2.48. The zero-order valence-corrected chi connectivity index (χ0v) is 14.9. The van der Waals surface area contributed by atoms with Crippen molar-refractivity contribution < 1.29 is 14.2 Å². The summed E-state index contributed by atoms with van der Waals surface area (Å²) >= 11 is 3.60. The molecule has 1 aromatic rings. The van der Waals surface area contributed by atoms with Gasteiger partial charge in [0.15, 0.2) is 11.5 Å². The zero-order valence-electron chi connectivity index (χ0n) is 13.3. The first-order valence-electron chi connectivity index (χ1n) is 7.10. The first-order chi connectivity index (χ1) is 9.93. The molecule has 1 aliphatic carbocycles. The molecule has 4 nitrogen and oxygen atoms in total. The van der Waals surface area contributed by atoms with Crippen LogP contribution < -0.4 is 14.8 Å². The van der Waals surface area contributed by atoms with Gasteiger partial charge >= 0.3 is 0 Å². The van der Waals surface area contributed by atoms with Crippen LogP contribution in [0.4, 0.5) is 0 Å². The topological polar surface area (TPSA) is 39.7 Å². The number of rotatable bonds is 6. The van der Waals surface area contributed by atoms with Gasteiger partial charge in [-0.15, -0.1) is 0 Å². The molecule has 0 amide bonds. The van der Waals surface area contributed by atoms with Crippen LogP contribution in [0.5, 0.6) is 11.5 Å². The van der Waals surface area contributed by atoms with Crippen LogP contribution in [0, 0.1) is 5.41 Å². The fraction of sp³-hybridized carbons (Fsp3) is 0.625. The van der Waals surface area contributed by atoms with E-state index in [1.807, 2.05) is 12.1 Å². The monoisotopic (exact) mass is 357 g/mol. The quantitative estimate of drug-likeness (QED) is 0.847. The van der Waals surface area contributed by atoms with Crippen LogP contribution in [0.3, 0.4) is 0 Å². The summed E-state index contributed by atoms with van der Waals surface area (Å²) in [6, 6.07) is 4.41. The minimum Gasteiger partial charge on any atom is -0.493 e. The fourth-order valence-corrected chi connectivity index (χ4v) is 3.36. The molecule has 1 aliphatic rings. The average molecular weight is 358 g/mol. The molecule has 1 fully saturated rings. The van der Waals surface area contributed by atoms with Gasteiger partial charge < -0.3 is 19.5 Å². The van der Waals surface area contributed by atoms with E-state index in [0.29, 0.717) is 12.1 Å². The van der Waals surface area contributed by atoms with Gasteiger partial charge in [-0.3, -0.25) is 0 Å². The molecule has 2 rings (SSSR count). The van der Waals surface area contributed by atoms with Crippen LogP contribution in [-0.2, 0) is 11.3 Å². The highest BCUT2D eigenvalue weighted by Crippen LogP contribution is 2.42. The molecular weight excluding hydrogens is 334 g/mol. The third-order valence-corrected chi connectivity index (χ3v) is 5.29. The van der Waals surface area contributed by atoms with Crippen LogP contribution in [-0.4, -0.2) is 33.5 Å². The molecule has 0 aliphatic heterocycles. The highest BCUT2D eigenvalue weighted by molar-refractivity contribution is 9.10. The summed E-state index contributed by atoms with van der Waals surface area (Å²) in [4.78, 5) is 0. The molecule has 0 heterocycles. The van der Waals surface area contributed by atoms with Crippen LogP contribution in [0.25, 0.3) is 0 Å². The van der Waals surface area contributed by atoms with Crippen molar-refractivity contribution in [3.05, 3.63) is 22.2 Å². The van der Waals surface area contributed by atoms with E-state index < -0.39 is 0 Å². The maximum atomic E-state index is 5.49. The maximum absolute atomic E-state index is 5.49. The van der Waals surface area contributed by atoms with E-state index in [0.717, 1.165) is 34.5 Å². The Morgan fingerprint density at radius 1 is 1.19 bits per heavy atom. The summed E-state index contributed by atoms with van der Waals surface area (Å²) in [5, 5.41) is 3.61. The minimum atomic E-state index is 0.164. The molecular formula is C16H24BrNO3. The Labute approximate surface area is 135 Å². The molecule has 0 spiro atoms. The van der Waals surface area contributed by atoms with Gasteiger partial charge in [-0.05, 0) is 24.1 Å². The van der Waals surface area contributed by atoms with Crippen molar-refractivity contribution >= 4 is 15.9 Å². The average Bonchev–Trinajstić information content (AvgIpc) is 2.47. The molecule has 21 heavy (non-hydrogen) atoms. The molecule has 2 unspecified atom stereocenters. The number of ether oxygens (including phenoxy) is 3. The summed E-state index contributed by atoms with van der Waals surface area (Å²) in [7, 11) is 5.08. The summed E-state index contributed by atoms with van der Waals surface area (Å²) in [5.74, 6) is 1.48.